The van der Waals surface area contributed by atoms with Crippen LogP contribution in [0.2, 0.25) is 0 Å². The summed E-state index contributed by atoms with van der Waals surface area (Å²) in [7, 11) is 1.88. The molecule has 64 heavy (non-hydrogen) atoms. The number of aryl methyl sites for hydroxylation is 3. The van der Waals surface area contributed by atoms with Gasteiger partial charge in [-0.1, -0.05) is 24.3 Å². The van der Waals surface area contributed by atoms with E-state index >= 15 is 0 Å². The highest BCUT2D eigenvalue weighted by Crippen LogP contribution is 2.35. The molecule has 0 bridgehead atoms. The molecule has 10 rings (SSSR count). The van der Waals surface area contributed by atoms with Gasteiger partial charge in [-0.25, -0.2) is 9.67 Å². The Morgan fingerprint density at radius 2 is 1.55 bits per heavy atom. The molecule has 0 radical (unpaired) electrons. The normalized spacial score (nSPS) is 21.5. The van der Waals surface area contributed by atoms with Crippen LogP contribution in [0.1, 0.15) is 94.3 Å². The van der Waals surface area contributed by atoms with Crippen LogP contribution in [-0.2, 0) is 39.1 Å². The Balaban J connectivity index is 0.700. The number of carbonyl (C=O) groups excluding carboxylic acids is 5. The number of rotatable bonds is 9. The molecule has 3 N–H and O–H groups in total. The van der Waals surface area contributed by atoms with E-state index in [1.165, 1.54) is 5.56 Å². The monoisotopic (exact) mass is 864 g/mol. The SMILES string of the molecule is Cc1cccc(C)c1Nc1nn(C)c2nc(Nc3ccc4c(c3)CN(C(=O)[C@H]3CC[C@H](OC5CCN(c6ccc7c(c6)C(=O)N(C6CCC(=O)NC6=O)C7=O)CC5)CC3)CC4)ncc12. The van der Waals surface area contributed by atoms with Crippen molar-refractivity contribution in [1.82, 2.24) is 34.9 Å². The maximum absolute atomic E-state index is 13.9. The van der Waals surface area contributed by atoms with Crippen molar-refractivity contribution in [2.24, 2.45) is 13.0 Å². The number of imide groups is 2. The van der Waals surface area contributed by atoms with E-state index in [9.17, 15) is 24.0 Å². The summed E-state index contributed by atoms with van der Waals surface area (Å²) in [5.74, 6) is -0.633. The predicted molar refractivity (Wildman–Crippen MR) is 240 cm³/mol. The topological polar surface area (TPSA) is 184 Å². The molecule has 6 heterocycles. The van der Waals surface area contributed by atoms with E-state index in [1.54, 1.807) is 23.0 Å². The second-order valence-corrected chi connectivity index (χ2v) is 17.9. The lowest BCUT2D eigenvalue weighted by Crippen LogP contribution is -2.54. The Hall–Kier alpha value is -6.68. The molecular formula is C48H52N10O6. The number of aromatic nitrogens is 4. The number of hydrogen-bond acceptors (Lipinski definition) is 12. The molecule has 16 heteroatoms. The molecule has 5 aromatic rings. The Kier molecular flexibility index (Phi) is 10.8. The minimum atomic E-state index is -0.987. The van der Waals surface area contributed by atoms with Crippen molar-refractivity contribution in [2.75, 3.05) is 35.2 Å². The van der Waals surface area contributed by atoms with Crippen molar-refractivity contribution in [3.05, 3.63) is 94.2 Å². The second kappa shape index (κ2) is 16.8. The number of carbonyl (C=O) groups is 5. The summed E-state index contributed by atoms with van der Waals surface area (Å²) in [6, 6.07) is 16.8. The van der Waals surface area contributed by atoms with E-state index < -0.39 is 29.7 Å². The van der Waals surface area contributed by atoms with Crippen LogP contribution < -0.4 is 20.9 Å². The fourth-order valence-electron chi connectivity index (χ4n) is 10.2. The van der Waals surface area contributed by atoms with Crippen molar-refractivity contribution in [3.63, 3.8) is 0 Å². The number of amides is 5. The van der Waals surface area contributed by atoms with Gasteiger partial charge in [-0.15, -0.1) is 0 Å². The molecule has 5 aliphatic rings. The molecule has 1 saturated carbocycles. The molecule has 1 aliphatic carbocycles. The van der Waals surface area contributed by atoms with Crippen LogP contribution in [0.3, 0.4) is 0 Å². The molecule has 3 fully saturated rings. The average molecular weight is 865 g/mol. The molecule has 16 nitrogen and oxygen atoms in total. The van der Waals surface area contributed by atoms with Gasteiger partial charge in [0.15, 0.2) is 11.5 Å². The van der Waals surface area contributed by atoms with Crippen molar-refractivity contribution in [2.45, 2.75) is 96.4 Å². The van der Waals surface area contributed by atoms with Gasteiger partial charge in [0.1, 0.15) is 6.04 Å². The van der Waals surface area contributed by atoms with Gasteiger partial charge < -0.3 is 25.2 Å². The fraction of sp³-hybridized carbons (Fsp3) is 0.417. The highest BCUT2D eigenvalue weighted by atomic mass is 16.5. The highest BCUT2D eigenvalue weighted by Gasteiger charge is 2.45. The number of hydrogen-bond donors (Lipinski definition) is 3. The predicted octanol–water partition coefficient (Wildman–Crippen LogP) is 6.00. The van der Waals surface area contributed by atoms with Crippen molar-refractivity contribution < 1.29 is 28.7 Å². The number of fused-ring (bicyclic) bond motifs is 3. The number of para-hydroxylation sites is 1. The first kappa shape index (κ1) is 41.3. The van der Waals surface area contributed by atoms with E-state index in [4.69, 9.17) is 14.8 Å². The molecule has 2 saturated heterocycles. The fourth-order valence-corrected chi connectivity index (χ4v) is 10.2. The van der Waals surface area contributed by atoms with Gasteiger partial charge in [0.25, 0.3) is 11.8 Å². The minimum absolute atomic E-state index is 0.0157. The summed E-state index contributed by atoms with van der Waals surface area (Å²) in [6.45, 7) is 6.90. The van der Waals surface area contributed by atoms with Crippen LogP contribution in [0.4, 0.5) is 28.8 Å². The lowest BCUT2D eigenvalue weighted by Gasteiger charge is -2.38. The van der Waals surface area contributed by atoms with Crippen LogP contribution >= 0.6 is 0 Å². The first-order valence-electron chi connectivity index (χ1n) is 22.4. The Labute approximate surface area is 370 Å². The largest absolute Gasteiger partial charge is 0.375 e. The van der Waals surface area contributed by atoms with Gasteiger partial charge in [-0.3, -0.25) is 34.2 Å². The Morgan fingerprint density at radius 3 is 2.31 bits per heavy atom. The summed E-state index contributed by atoms with van der Waals surface area (Å²) in [6.07, 6.45) is 8.01. The van der Waals surface area contributed by atoms with Crippen molar-refractivity contribution in [1.29, 1.82) is 0 Å². The maximum Gasteiger partial charge on any atom is 0.262 e. The van der Waals surface area contributed by atoms with Gasteiger partial charge in [-0.2, -0.15) is 10.1 Å². The molecule has 1 atom stereocenters. The molecular weight excluding hydrogens is 813 g/mol. The first-order valence-corrected chi connectivity index (χ1v) is 22.4. The molecule has 2 aromatic heterocycles. The van der Waals surface area contributed by atoms with E-state index in [-0.39, 0.29) is 48.0 Å². The average Bonchev–Trinajstić information content (AvgIpc) is 3.74. The summed E-state index contributed by atoms with van der Waals surface area (Å²) in [5.41, 5.74) is 8.66. The van der Waals surface area contributed by atoms with Crippen molar-refractivity contribution in [3.8, 4) is 0 Å². The minimum Gasteiger partial charge on any atom is -0.375 e. The second-order valence-electron chi connectivity index (χ2n) is 17.9. The number of anilines is 5. The van der Waals surface area contributed by atoms with E-state index in [2.05, 4.69) is 63.9 Å². The molecule has 4 aliphatic heterocycles. The van der Waals surface area contributed by atoms with Crippen LogP contribution in [0.25, 0.3) is 11.0 Å². The number of nitrogens with one attached hydrogen (secondary N) is 3. The summed E-state index contributed by atoms with van der Waals surface area (Å²) >= 11 is 0. The first-order chi connectivity index (χ1) is 31.0. The number of piperidine rings is 2. The molecule has 5 amide bonds. The molecule has 1 unspecified atom stereocenters. The van der Waals surface area contributed by atoms with E-state index in [0.717, 1.165) is 102 Å². The van der Waals surface area contributed by atoms with Gasteiger partial charge in [0, 0.05) is 68.8 Å². The Bertz CT molecular complexity index is 2700. The number of nitrogens with zero attached hydrogens (tertiary/aromatic N) is 7. The van der Waals surface area contributed by atoms with E-state index in [1.807, 2.05) is 30.1 Å². The molecule has 3 aromatic carbocycles. The lowest BCUT2D eigenvalue weighted by molar-refractivity contribution is -0.139. The third-order valence-electron chi connectivity index (χ3n) is 13.7. The van der Waals surface area contributed by atoms with E-state index in [0.29, 0.717) is 30.5 Å². The lowest BCUT2D eigenvalue weighted by atomic mass is 9.85. The van der Waals surface area contributed by atoms with Crippen LogP contribution in [0, 0.1) is 19.8 Å². The number of ether oxygens (including phenoxy) is 1. The maximum atomic E-state index is 13.9. The molecule has 0 spiro atoms. The quantitative estimate of drug-likeness (QED) is 0.147. The number of benzene rings is 3. The summed E-state index contributed by atoms with van der Waals surface area (Å²) in [4.78, 5) is 79.2. The van der Waals surface area contributed by atoms with Gasteiger partial charge in [0.05, 0.1) is 28.7 Å². The van der Waals surface area contributed by atoms with Crippen molar-refractivity contribution >= 4 is 69.4 Å². The summed E-state index contributed by atoms with van der Waals surface area (Å²) < 4.78 is 8.38. The highest BCUT2D eigenvalue weighted by molar-refractivity contribution is 6.23. The smallest absolute Gasteiger partial charge is 0.262 e. The van der Waals surface area contributed by atoms with Gasteiger partial charge >= 0.3 is 0 Å². The third kappa shape index (κ3) is 7.84. The molecule has 330 valence electrons. The summed E-state index contributed by atoms with van der Waals surface area (Å²) in [5, 5.41) is 14.6. The van der Waals surface area contributed by atoms with Crippen LogP contribution in [-0.4, -0.2) is 97.0 Å². The van der Waals surface area contributed by atoms with Crippen LogP contribution in [0.15, 0.2) is 60.8 Å². The Morgan fingerprint density at radius 1 is 0.797 bits per heavy atom. The zero-order valence-electron chi connectivity index (χ0n) is 36.4. The third-order valence-corrected chi connectivity index (χ3v) is 13.7. The van der Waals surface area contributed by atoms with Gasteiger partial charge in [0.2, 0.25) is 23.7 Å². The zero-order chi connectivity index (χ0) is 44.2. The van der Waals surface area contributed by atoms with Gasteiger partial charge in [-0.05, 0) is 118 Å². The zero-order valence-corrected chi connectivity index (χ0v) is 36.4. The standard InChI is InChI=1S/C48H52N10O6/c1-27-5-4-6-28(2)41(27)52-42-38-25-49-48(53-43(38)55(3)54-42)50-32-10-7-29-17-20-57(26-31(29)23-32)45(61)30-8-12-34(13-9-30)64-35-18-21-56(22-19-35)33-11-14-36-37(24-33)47(63)58(46(36)62)39-15-16-40(59)51-44(39)60/h4-7,10-11,14,23-25,30,34-35,39H,8-9,12-13,15-22,26H2,1-3H3,(H,52,54)(H,49,50,53)(H,51,59,60)/t30-,34-,39?. The van der Waals surface area contributed by atoms with Crippen LogP contribution in [0.5, 0.6) is 0 Å².